The van der Waals surface area contributed by atoms with Crippen LogP contribution < -0.4 is 0 Å². The zero-order chi connectivity index (χ0) is 19.1. The van der Waals surface area contributed by atoms with Crippen LogP contribution in [-0.4, -0.2) is 22.2 Å². The van der Waals surface area contributed by atoms with Crippen LogP contribution in [-0.2, 0) is 0 Å². The summed E-state index contributed by atoms with van der Waals surface area (Å²) in [6.45, 7) is 2.16. The molecule has 3 rings (SSSR count). The molecule has 0 amide bonds. The number of nitrogens with zero attached hydrogens (tertiary/aromatic N) is 2. The molecule has 0 atom stereocenters. The molecule has 0 radical (unpaired) electrons. The molecule has 1 heterocycles. The Kier molecular flexibility index (Phi) is 7.40. The summed E-state index contributed by atoms with van der Waals surface area (Å²) in [5.74, 6) is 3.10. The first kappa shape index (κ1) is 20.0. The second-order valence-corrected chi connectivity index (χ2v) is 9.16. The average Bonchev–Trinajstić information content (AvgIpc) is 2.72. The lowest BCUT2D eigenvalue weighted by atomic mass is 9.99. The average molecular weight is 455 g/mol. The highest BCUT2D eigenvalue weighted by Crippen LogP contribution is 2.34. The van der Waals surface area contributed by atoms with Crippen LogP contribution in [0.2, 0.25) is 0 Å². The zero-order valence-electron chi connectivity index (χ0n) is 15.0. The van der Waals surface area contributed by atoms with Gasteiger partial charge in [-0.3, -0.25) is 0 Å². The van der Waals surface area contributed by atoms with Crippen molar-refractivity contribution in [2.24, 2.45) is 0 Å². The minimum Gasteiger partial charge on any atom is -0.240 e. The minimum absolute atomic E-state index is 0.661. The highest BCUT2D eigenvalue weighted by atomic mass is 79.9. The molecule has 3 aromatic rings. The summed E-state index contributed by atoms with van der Waals surface area (Å²) in [7, 11) is 0. The zero-order valence-corrected chi connectivity index (χ0v) is 18.2. The molecule has 0 saturated heterocycles. The van der Waals surface area contributed by atoms with Crippen LogP contribution in [0.3, 0.4) is 0 Å². The lowest BCUT2D eigenvalue weighted by Crippen LogP contribution is -1.97. The first-order chi connectivity index (χ1) is 13.2. The quantitative estimate of drug-likeness (QED) is 0.287. The van der Waals surface area contributed by atoms with E-state index in [4.69, 9.17) is 4.98 Å². The molecule has 0 aliphatic heterocycles. The molecular weight excluding hydrogens is 436 g/mol. The third-order valence-corrected chi connectivity index (χ3v) is 6.66. The maximum absolute atomic E-state index is 9.85. The largest absolute Gasteiger partial charge is 0.240 e. The summed E-state index contributed by atoms with van der Waals surface area (Å²) < 4.78 is 1.04. The third kappa shape index (κ3) is 5.16. The summed E-state index contributed by atoms with van der Waals surface area (Å²) in [6, 6.07) is 22.6. The van der Waals surface area contributed by atoms with Crippen molar-refractivity contribution >= 4 is 39.5 Å². The molecule has 0 N–H and O–H groups in total. The number of halogens is 1. The number of nitriles is 1. The van der Waals surface area contributed by atoms with E-state index >= 15 is 0 Å². The first-order valence-electron chi connectivity index (χ1n) is 8.70. The summed E-state index contributed by atoms with van der Waals surface area (Å²) in [5.41, 5.74) is 4.58. The van der Waals surface area contributed by atoms with Gasteiger partial charge >= 0.3 is 0 Å². The monoisotopic (exact) mass is 454 g/mol. The van der Waals surface area contributed by atoms with Gasteiger partial charge in [0.25, 0.3) is 0 Å². The van der Waals surface area contributed by atoms with Crippen molar-refractivity contribution in [1.29, 1.82) is 5.26 Å². The Morgan fingerprint density at radius 1 is 1.00 bits per heavy atom. The van der Waals surface area contributed by atoms with E-state index in [1.807, 2.05) is 60.3 Å². The Morgan fingerprint density at radius 2 is 1.74 bits per heavy atom. The molecular formula is C22H19BrN2S2. The van der Waals surface area contributed by atoms with E-state index in [1.54, 1.807) is 11.8 Å². The van der Waals surface area contributed by atoms with Crippen molar-refractivity contribution in [2.45, 2.75) is 11.9 Å². The SMILES string of the molecule is CCSCCSc1nc(-c2ccc(Br)cc2)cc(-c2ccccc2)c1C#N. The van der Waals surface area contributed by atoms with Crippen LogP contribution in [0.4, 0.5) is 0 Å². The summed E-state index contributed by atoms with van der Waals surface area (Å²) in [5, 5.41) is 10.7. The Labute approximate surface area is 177 Å². The van der Waals surface area contributed by atoms with Crippen molar-refractivity contribution < 1.29 is 0 Å². The molecule has 0 aliphatic rings. The Morgan fingerprint density at radius 3 is 2.41 bits per heavy atom. The van der Waals surface area contributed by atoms with E-state index in [2.05, 4.69) is 41.1 Å². The molecule has 136 valence electrons. The predicted molar refractivity (Wildman–Crippen MR) is 121 cm³/mol. The molecule has 0 unspecified atom stereocenters. The number of aromatic nitrogens is 1. The summed E-state index contributed by atoms with van der Waals surface area (Å²) in [6.07, 6.45) is 0. The third-order valence-electron chi connectivity index (χ3n) is 3.99. The molecule has 0 saturated carbocycles. The van der Waals surface area contributed by atoms with Crippen LogP contribution in [0.5, 0.6) is 0 Å². The fourth-order valence-corrected chi connectivity index (χ4v) is 4.70. The number of benzene rings is 2. The van der Waals surface area contributed by atoms with Crippen LogP contribution in [0.15, 0.2) is 70.2 Å². The van der Waals surface area contributed by atoms with Gasteiger partial charge in [-0.05, 0) is 29.5 Å². The van der Waals surface area contributed by atoms with E-state index in [0.717, 1.165) is 49.1 Å². The van der Waals surface area contributed by atoms with Crippen LogP contribution in [0, 0.1) is 11.3 Å². The summed E-state index contributed by atoms with van der Waals surface area (Å²) in [4.78, 5) is 4.84. The number of hydrogen-bond acceptors (Lipinski definition) is 4. The van der Waals surface area contributed by atoms with Crippen molar-refractivity contribution in [2.75, 3.05) is 17.3 Å². The maximum atomic E-state index is 9.85. The van der Waals surface area contributed by atoms with Gasteiger partial charge in [-0.1, -0.05) is 65.3 Å². The number of rotatable bonds is 7. The van der Waals surface area contributed by atoms with Crippen molar-refractivity contribution in [3.05, 3.63) is 70.7 Å². The molecule has 1 aromatic heterocycles. The van der Waals surface area contributed by atoms with Gasteiger partial charge in [-0.15, -0.1) is 11.8 Å². The molecule has 0 fully saturated rings. The standard InChI is InChI=1S/C22H19BrN2S2/c1-2-26-12-13-27-22-20(15-24)19(16-6-4-3-5-7-16)14-21(25-22)17-8-10-18(23)11-9-17/h3-11,14H,2,12-13H2,1H3. The fourth-order valence-electron chi connectivity index (χ4n) is 2.69. The Bertz CT molecular complexity index is 935. The van der Waals surface area contributed by atoms with E-state index in [0.29, 0.717) is 5.56 Å². The maximum Gasteiger partial charge on any atom is 0.115 e. The normalized spacial score (nSPS) is 10.6. The van der Waals surface area contributed by atoms with Crippen molar-refractivity contribution in [3.63, 3.8) is 0 Å². The molecule has 2 nitrogen and oxygen atoms in total. The topological polar surface area (TPSA) is 36.7 Å². The van der Waals surface area contributed by atoms with Gasteiger partial charge in [-0.25, -0.2) is 4.98 Å². The second-order valence-electron chi connectivity index (χ2n) is 5.77. The number of hydrogen-bond donors (Lipinski definition) is 0. The van der Waals surface area contributed by atoms with Crippen molar-refractivity contribution in [3.8, 4) is 28.5 Å². The van der Waals surface area contributed by atoms with E-state index in [-0.39, 0.29) is 0 Å². The first-order valence-corrected chi connectivity index (χ1v) is 11.6. The van der Waals surface area contributed by atoms with Crippen LogP contribution >= 0.6 is 39.5 Å². The predicted octanol–water partition coefficient (Wildman–Crippen LogP) is 6.89. The molecule has 0 aliphatic carbocycles. The van der Waals surface area contributed by atoms with Gasteiger partial charge in [0.2, 0.25) is 0 Å². The van der Waals surface area contributed by atoms with Crippen LogP contribution in [0.25, 0.3) is 22.4 Å². The van der Waals surface area contributed by atoms with E-state index in [1.165, 1.54) is 0 Å². The minimum atomic E-state index is 0.661. The number of thioether (sulfide) groups is 2. The molecule has 2 aromatic carbocycles. The van der Waals surface area contributed by atoms with Gasteiger partial charge in [0, 0.05) is 27.1 Å². The lowest BCUT2D eigenvalue weighted by Gasteiger charge is -2.12. The lowest BCUT2D eigenvalue weighted by molar-refractivity contribution is 1.12. The Balaban J connectivity index is 2.09. The van der Waals surface area contributed by atoms with Gasteiger partial charge in [0.1, 0.15) is 11.1 Å². The van der Waals surface area contributed by atoms with Gasteiger partial charge in [0.05, 0.1) is 11.3 Å². The smallest absolute Gasteiger partial charge is 0.115 e. The van der Waals surface area contributed by atoms with Gasteiger partial charge in [0.15, 0.2) is 0 Å². The highest BCUT2D eigenvalue weighted by molar-refractivity contribution is 9.10. The summed E-state index contributed by atoms with van der Waals surface area (Å²) >= 11 is 7.06. The van der Waals surface area contributed by atoms with Gasteiger partial charge < -0.3 is 0 Å². The number of pyridine rings is 1. The molecule has 0 spiro atoms. The second kappa shape index (κ2) is 9.98. The fraction of sp³-hybridized carbons (Fsp3) is 0.182. The highest BCUT2D eigenvalue weighted by Gasteiger charge is 2.15. The van der Waals surface area contributed by atoms with E-state index in [9.17, 15) is 5.26 Å². The molecule has 27 heavy (non-hydrogen) atoms. The Hall–Kier alpha value is -1.74. The molecule has 5 heteroatoms. The molecule has 0 bridgehead atoms. The van der Waals surface area contributed by atoms with E-state index < -0.39 is 0 Å². The van der Waals surface area contributed by atoms with Crippen molar-refractivity contribution in [1.82, 2.24) is 4.98 Å². The van der Waals surface area contributed by atoms with Crippen LogP contribution in [0.1, 0.15) is 12.5 Å². The van der Waals surface area contributed by atoms with Gasteiger partial charge in [-0.2, -0.15) is 17.0 Å².